The molecule has 0 heterocycles. The van der Waals surface area contributed by atoms with E-state index in [9.17, 15) is 9.18 Å². The van der Waals surface area contributed by atoms with E-state index >= 15 is 0 Å². The third-order valence-corrected chi connectivity index (χ3v) is 3.12. The minimum absolute atomic E-state index is 0.155. The lowest BCUT2D eigenvalue weighted by atomic mass is 10.1. The van der Waals surface area contributed by atoms with Gasteiger partial charge in [0, 0.05) is 5.92 Å². The highest BCUT2D eigenvalue weighted by atomic mass is 19.1. The minimum Gasteiger partial charge on any atom is -0.460 e. The first-order chi connectivity index (χ1) is 8.31. The second kappa shape index (κ2) is 4.38. The van der Waals surface area contributed by atoms with Crippen LogP contribution in [0.15, 0.2) is 30.3 Å². The predicted molar refractivity (Wildman–Crippen MR) is 67.8 cm³/mol. The van der Waals surface area contributed by atoms with Gasteiger partial charge in [-0.3, -0.25) is 4.79 Å². The van der Waals surface area contributed by atoms with Crippen LogP contribution in [0.5, 0.6) is 0 Å². The molecule has 0 aromatic heterocycles. The first-order valence-electron chi connectivity index (χ1n) is 6.27. The Hall–Kier alpha value is -1.38. The number of alkyl halides is 1. The van der Waals surface area contributed by atoms with Crippen molar-refractivity contribution in [2.45, 2.75) is 44.9 Å². The maximum atomic E-state index is 14.5. The number of carbonyl (C=O) groups is 1. The van der Waals surface area contributed by atoms with E-state index in [2.05, 4.69) is 0 Å². The molecular formula is C15H19FO2. The van der Waals surface area contributed by atoms with Crippen molar-refractivity contribution in [1.82, 2.24) is 0 Å². The molecule has 2 nitrogen and oxygen atoms in total. The molecular weight excluding hydrogens is 231 g/mol. The summed E-state index contributed by atoms with van der Waals surface area (Å²) in [6, 6.07) is 9.04. The van der Waals surface area contributed by atoms with Gasteiger partial charge >= 0.3 is 5.97 Å². The normalized spacial score (nSPS) is 26.8. The largest absolute Gasteiger partial charge is 0.460 e. The molecule has 1 aromatic carbocycles. The van der Waals surface area contributed by atoms with Gasteiger partial charge in [-0.25, -0.2) is 4.39 Å². The summed E-state index contributed by atoms with van der Waals surface area (Å²) in [6.07, 6.45) is 0.568. The Morgan fingerprint density at radius 1 is 1.39 bits per heavy atom. The van der Waals surface area contributed by atoms with Gasteiger partial charge in [0.15, 0.2) is 0 Å². The monoisotopic (exact) mass is 250 g/mol. The number of hydrogen-bond acceptors (Lipinski definition) is 2. The Labute approximate surface area is 107 Å². The highest BCUT2D eigenvalue weighted by Crippen LogP contribution is 2.57. The van der Waals surface area contributed by atoms with Gasteiger partial charge in [0.1, 0.15) is 11.3 Å². The number of carbonyl (C=O) groups excluding carboxylic acids is 1. The number of benzene rings is 1. The Kier molecular flexibility index (Phi) is 3.18. The summed E-state index contributed by atoms with van der Waals surface area (Å²) < 4.78 is 19.7. The van der Waals surface area contributed by atoms with Crippen LogP contribution in [0.25, 0.3) is 0 Å². The summed E-state index contributed by atoms with van der Waals surface area (Å²) in [5.74, 6) is -0.558. The molecule has 0 amide bonds. The molecule has 2 rings (SSSR count). The summed E-state index contributed by atoms with van der Waals surface area (Å²) >= 11 is 0. The highest BCUT2D eigenvalue weighted by Gasteiger charge is 2.57. The van der Waals surface area contributed by atoms with E-state index in [1.807, 2.05) is 39.0 Å². The Bertz CT molecular complexity index is 436. The lowest BCUT2D eigenvalue weighted by Gasteiger charge is -2.19. The first kappa shape index (κ1) is 13.1. The number of rotatable bonds is 3. The third-order valence-electron chi connectivity index (χ3n) is 3.12. The van der Waals surface area contributed by atoms with Crippen molar-refractivity contribution in [3.8, 4) is 0 Å². The standard InChI is InChI=1S/C15H19FO2/c1-14(2,3)18-13(17)9-12-10-15(12,16)11-7-5-4-6-8-11/h4-8,12H,9-10H2,1-3H3. The van der Waals surface area contributed by atoms with Crippen LogP contribution in [0.4, 0.5) is 4.39 Å². The third kappa shape index (κ3) is 2.89. The molecule has 18 heavy (non-hydrogen) atoms. The molecule has 1 saturated carbocycles. The summed E-state index contributed by atoms with van der Waals surface area (Å²) in [6.45, 7) is 5.45. The Morgan fingerprint density at radius 3 is 2.56 bits per heavy atom. The lowest BCUT2D eigenvalue weighted by Crippen LogP contribution is -2.24. The van der Waals surface area contributed by atoms with Crippen LogP contribution in [0.1, 0.15) is 39.2 Å². The van der Waals surface area contributed by atoms with Gasteiger partial charge in [0.05, 0.1) is 6.42 Å². The molecule has 0 aliphatic heterocycles. The average Bonchev–Trinajstić information content (AvgIpc) is 2.89. The fourth-order valence-corrected chi connectivity index (χ4v) is 2.19. The van der Waals surface area contributed by atoms with Crippen molar-refractivity contribution in [2.24, 2.45) is 5.92 Å². The van der Waals surface area contributed by atoms with E-state index in [1.54, 1.807) is 12.1 Å². The molecule has 0 spiro atoms. The second-order valence-electron chi connectivity index (χ2n) is 5.92. The fraction of sp³-hybridized carbons (Fsp3) is 0.533. The number of halogens is 1. The van der Waals surface area contributed by atoms with E-state index in [4.69, 9.17) is 4.74 Å². The van der Waals surface area contributed by atoms with Crippen molar-refractivity contribution in [1.29, 1.82) is 0 Å². The molecule has 2 unspecified atom stereocenters. The quantitative estimate of drug-likeness (QED) is 0.766. The topological polar surface area (TPSA) is 26.3 Å². The van der Waals surface area contributed by atoms with Crippen molar-refractivity contribution in [3.05, 3.63) is 35.9 Å². The zero-order valence-corrected chi connectivity index (χ0v) is 11.1. The van der Waals surface area contributed by atoms with Crippen LogP contribution in [-0.2, 0) is 15.2 Å². The predicted octanol–water partition coefficient (Wildman–Crippen LogP) is 3.60. The van der Waals surface area contributed by atoms with E-state index in [-0.39, 0.29) is 18.3 Å². The van der Waals surface area contributed by atoms with Gasteiger partial charge in [-0.15, -0.1) is 0 Å². The van der Waals surface area contributed by atoms with Crippen molar-refractivity contribution in [3.63, 3.8) is 0 Å². The summed E-state index contributed by atoms with van der Waals surface area (Å²) in [7, 11) is 0. The molecule has 98 valence electrons. The molecule has 0 N–H and O–H groups in total. The van der Waals surface area contributed by atoms with E-state index < -0.39 is 11.3 Å². The van der Waals surface area contributed by atoms with Crippen molar-refractivity contribution < 1.29 is 13.9 Å². The molecule has 1 aliphatic rings. The van der Waals surface area contributed by atoms with Gasteiger partial charge in [0.2, 0.25) is 0 Å². The van der Waals surface area contributed by atoms with Crippen LogP contribution in [-0.4, -0.2) is 11.6 Å². The van der Waals surface area contributed by atoms with Crippen LogP contribution >= 0.6 is 0 Å². The van der Waals surface area contributed by atoms with Crippen LogP contribution in [0.2, 0.25) is 0 Å². The summed E-state index contributed by atoms with van der Waals surface area (Å²) in [5, 5.41) is 0. The van der Waals surface area contributed by atoms with Gasteiger partial charge < -0.3 is 4.74 Å². The van der Waals surface area contributed by atoms with Crippen LogP contribution in [0, 0.1) is 5.92 Å². The SMILES string of the molecule is CC(C)(C)OC(=O)CC1CC1(F)c1ccccc1. The smallest absolute Gasteiger partial charge is 0.306 e. The van der Waals surface area contributed by atoms with Gasteiger partial charge in [0.25, 0.3) is 0 Å². The molecule has 1 aliphatic carbocycles. The maximum absolute atomic E-state index is 14.5. The number of ether oxygens (including phenoxy) is 1. The lowest BCUT2D eigenvalue weighted by molar-refractivity contribution is -0.155. The van der Waals surface area contributed by atoms with Crippen LogP contribution in [0.3, 0.4) is 0 Å². The number of hydrogen-bond donors (Lipinski definition) is 0. The molecule has 0 bridgehead atoms. The minimum atomic E-state index is -1.34. The summed E-state index contributed by atoms with van der Waals surface area (Å²) in [5.41, 5.74) is -1.17. The molecule has 1 aromatic rings. The van der Waals surface area contributed by atoms with Crippen molar-refractivity contribution >= 4 is 5.97 Å². The second-order valence-corrected chi connectivity index (χ2v) is 5.92. The van der Waals surface area contributed by atoms with E-state index in [0.29, 0.717) is 12.0 Å². The number of esters is 1. The average molecular weight is 250 g/mol. The molecule has 1 fully saturated rings. The first-order valence-corrected chi connectivity index (χ1v) is 6.27. The van der Waals surface area contributed by atoms with Gasteiger partial charge in [-0.2, -0.15) is 0 Å². The van der Waals surface area contributed by atoms with Crippen molar-refractivity contribution in [2.75, 3.05) is 0 Å². The van der Waals surface area contributed by atoms with E-state index in [0.717, 1.165) is 0 Å². The molecule has 2 atom stereocenters. The molecule has 0 radical (unpaired) electrons. The zero-order chi connectivity index (χ0) is 13.4. The molecule has 0 saturated heterocycles. The Morgan fingerprint density at radius 2 is 2.00 bits per heavy atom. The summed E-state index contributed by atoms with van der Waals surface area (Å²) in [4.78, 5) is 11.6. The fourth-order valence-electron chi connectivity index (χ4n) is 2.19. The van der Waals surface area contributed by atoms with Crippen LogP contribution < -0.4 is 0 Å². The van der Waals surface area contributed by atoms with Gasteiger partial charge in [-0.1, -0.05) is 30.3 Å². The Balaban J connectivity index is 1.94. The highest BCUT2D eigenvalue weighted by molar-refractivity contribution is 5.71. The zero-order valence-electron chi connectivity index (χ0n) is 11.1. The van der Waals surface area contributed by atoms with Gasteiger partial charge in [-0.05, 0) is 32.8 Å². The molecule has 3 heteroatoms. The van der Waals surface area contributed by atoms with E-state index in [1.165, 1.54) is 0 Å². The maximum Gasteiger partial charge on any atom is 0.306 e.